The summed E-state index contributed by atoms with van der Waals surface area (Å²) in [6, 6.07) is 6.90. The van der Waals surface area contributed by atoms with Gasteiger partial charge < -0.3 is 13.6 Å². The molecule has 8 heteroatoms. The molecule has 0 aliphatic heterocycles. The van der Waals surface area contributed by atoms with Crippen molar-refractivity contribution in [3.63, 3.8) is 0 Å². The number of thioether (sulfide) groups is 1. The second-order valence-electron chi connectivity index (χ2n) is 4.16. The Bertz CT molecular complexity index is 769. The Morgan fingerprint density at radius 3 is 2.95 bits per heavy atom. The third-order valence-corrected chi connectivity index (χ3v) is 3.54. The summed E-state index contributed by atoms with van der Waals surface area (Å²) in [5, 5.41) is 8.33. The summed E-state index contributed by atoms with van der Waals surface area (Å²) in [5.74, 6) is 1.15. The molecule has 22 heavy (non-hydrogen) atoms. The van der Waals surface area contributed by atoms with Crippen LogP contribution < -0.4 is 0 Å². The van der Waals surface area contributed by atoms with Crippen molar-refractivity contribution in [3.8, 4) is 11.5 Å². The smallest absolute Gasteiger partial charge is 0.373 e. The minimum Gasteiger partial charge on any atom is -0.463 e. The van der Waals surface area contributed by atoms with Crippen LogP contribution in [0.1, 0.15) is 16.3 Å². The van der Waals surface area contributed by atoms with Crippen LogP contribution in [0, 0.1) is 0 Å². The first-order chi connectivity index (χ1) is 10.8. The maximum atomic E-state index is 11.3. The zero-order valence-electron chi connectivity index (χ0n) is 11.6. The number of pyridine rings is 1. The van der Waals surface area contributed by atoms with Gasteiger partial charge in [-0.3, -0.25) is 4.98 Å². The number of esters is 1. The average Bonchev–Trinajstić information content (AvgIpc) is 3.22. The Balaban J connectivity index is 1.64. The van der Waals surface area contributed by atoms with Gasteiger partial charge in [0, 0.05) is 12.4 Å². The number of hydrogen-bond donors (Lipinski definition) is 0. The molecule has 0 aliphatic carbocycles. The van der Waals surface area contributed by atoms with Gasteiger partial charge in [-0.25, -0.2) is 4.79 Å². The number of rotatable bonds is 5. The number of aromatic nitrogens is 3. The van der Waals surface area contributed by atoms with Gasteiger partial charge in [-0.2, -0.15) is 0 Å². The molecule has 0 saturated heterocycles. The van der Waals surface area contributed by atoms with E-state index in [-0.39, 0.29) is 5.76 Å². The molecule has 3 rings (SSSR count). The number of furan rings is 1. The van der Waals surface area contributed by atoms with Gasteiger partial charge in [-0.1, -0.05) is 11.8 Å². The van der Waals surface area contributed by atoms with Crippen molar-refractivity contribution in [2.45, 2.75) is 11.0 Å². The fourth-order valence-electron chi connectivity index (χ4n) is 1.67. The van der Waals surface area contributed by atoms with Crippen LogP contribution in [-0.4, -0.2) is 28.3 Å². The Labute approximate surface area is 129 Å². The van der Waals surface area contributed by atoms with Gasteiger partial charge in [0.2, 0.25) is 11.7 Å². The van der Waals surface area contributed by atoms with E-state index in [4.69, 9.17) is 8.83 Å². The molecule has 7 nitrogen and oxygen atoms in total. The van der Waals surface area contributed by atoms with E-state index in [9.17, 15) is 4.79 Å². The maximum absolute atomic E-state index is 11.3. The maximum Gasteiger partial charge on any atom is 0.373 e. The summed E-state index contributed by atoms with van der Waals surface area (Å²) in [6.07, 6.45) is 3.32. The first kappa shape index (κ1) is 14.3. The quantitative estimate of drug-likeness (QED) is 0.524. The normalized spacial score (nSPS) is 10.6. The monoisotopic (exact) mass is 317 g/mol. The Kier molecular flexibility index (Phi) is 4.19. The molecule has 3 aromatic rings. The molecule has 0 aromatic carbocycles. The van der Waals surface area contributed by atoms with Crippen LogP contribution in [0.3, 0.4) is 0 Å². The Hall–Kier alpha value is -2.61. The second-order valence-corrected chi connectivity index (χ2v) is 5.09. The van der Waals surface area contributed by atoms with Crippen LogP contribution in [0.15, 0.2) is 50.7 Å². The molecule has 0 amide bonds. The summed E-state index contributed by atoms with van der Waals surface area (Å²) in [7, 11) is 1.30. The highest BCUT2D eigenvalue weighted by atomic mass is 32.2. The molecule has 0 fully saturated rings. The van der Waals surface area contributed by atoms with Crippen LogP contribution in [0.2, 0.25) is 0 Å². The van der Waals surface area contributed by atoms with Gasteiger partial charge >= 0.3 is 5.97 Å². The lowest BCUT2D eigenvalue weighted by molar-refractivity contribution is 0.0563. The highest BCUT2D eigenvalue weighted by Gasteiger charge is 2.13. The van der Waals surface area contributed by atoms with Crippen molar-refractivity contribution in [3.05, 3.63) is 48.2 Å². The number of carbonyl (C=O) groups excluding carboxylic acids is 1. The average molecular weight is 317 g/mol. The van der Waals surface area contributed by atoms with E-state index >= 15 is 0 Å². The number of methoxy groups -OCH3 is 1. The van der Waals surface area contributed by atoms with Crippen LogP contribution >= 0.6 is 11.8 Å². The van der Waals surface area contributed by atoms with E-state index in [1.165, 1.54) is 18.9 Å². The van der Waals surface area contributed by atoms with E-state index in [1.54, 1.807) is 30.6 Å². The van der Waals surface area contributed by atoms with E-state index in [2.05, 4.69) is 19.9 Å². The van der Waals surface area contributed by atoms with E-state index in [1.807, 2.05) is 6.07 Å². The third-order valence-electron chi connectivity index (χ3n) is 2.70. The van der Waals surface area contributed by atoms with E-state index < -0.39 is 5.97 Å². The minimum atomic E-state index is -0.507. The molecular formula is C14H11N3O4S. The molecule has 0 radical (unpaired) electrons. The molecule has 3 aromatic heterocycles. The highest BCUT2D eigenvalue weighted by molar-refractivity contribution is 7.98. The van der Waals surface area contributed by atoms with Crippen molar-refractivity contribution in [1.29, 1.82) is 0 Å². The number of hydrogen-bond acceptors (Lipinski definition) is 8. The summed E-state index contributed by atoms with van der Waals surface area (Å²) >= 11 is 1.32. The zero-order chi connectivity index (χ0) is 15.4. The van der Waals surface area contributed by atoms with Crippen molar-refractivity contribution >= 4 is 17.7 Å². The molecular weight excluding hydrogens is 306 g/mol. The predicted molar refractivity (Wildman–Crippen MR) is 77.1 cm³/mol. The van der Waals surface area contributed by atoms with Crippen LogP contribution in [0.4, 0.5) is 0 Å². The molecule has 0 spiro atoms. The lowest BCUT2D eigenvalue weighted by Gasteiger charge is -1.95. The summed E-state index contributed by atoms with van der Waals surface area (Å²) in [4.78, 5) is 15.3. The van der Waals surface area contributed by atoms with Crippen molar-refractivity contribution in [1.82, 2.24) is 15.2 Å². The minimum absolute atomic E-state index is 0.166. The summed E-state index contributed by atoms with van der Waals surface area (Å²) in [5.41, 5.74) is 0.757. The van der Waals surface area contributed by atoms with Crippen LogP contribution in [0.5, 0.6) is 0 Å². The van der Waals surface area contributed by atoms with Crippen molar-refractivity contribution in [2.75, 3.05) is 7.11 Å². The molecule has 0 saturated carbocycles. The molecule has 112 valence electrons. The lowest BCUT2D eigenvalue weighted by Crippen LogP contribution is -1.98. The first-order valence-corrected chi connectivity index (χ1v) is 7.28. The third kappa shape index (κ3) is 3.17. The van der Waals surface area contributed by atoms with Gasteiger partial charge in [0.1, 0.15) is 5.76 Å². The summed E-state index contributed by atoms with van der Waals surface area (Å²) < 4.78 is 15.5. The molecule has 0 atom stereocenters. The Morgan fingerprint density at radius 1 is 1.27 bits per heavy atom. The first-order valence-electron chi connectivity index (χ1n) is 6.30. The van der Waals surface area contributed by atoms with Gasteiger partial charge in [0.25, 0.3) is 5.22 Å². The molecule has 0 N–H and O–H groups in total. The Morgan fingerprint density at radius 2 is 2.18 bits per heavy atom. The van der Waals surface area contributed by atoms with E-state index in [0.717, 1.165) is 5.56 Å². The largest absolute Gasteiger partial charge is 0.463 e. The van der Waals surface area contributed by atoms with Crippen molar-refractivity contribution < 1.29 is 18.4 Å². The molecule has 0 bridgehead atoms. The summed E-state index contributed by atoms with van der Waals surface area (Å²) in [6.45, 7) is 0. The molecule has 0 unspecified atom stereocenters. The standard InChI is InChI=1S/C14H11N3O4S/c1-19-13(18)11-5-4-10(20-11)8-22-14-17-16-12(21-14)9-3-2-6-15-7-9/h2-7H,8H2,1H3. The zero-order valence-corrected chi connectivity index (χ0v) is 12.4. The van der Waals surface area contributed by atoms with Crippen LogP contribution in [-0.2, 0) is 10.5 Å². The fourth-order valence-corrected chi connectivity index (χ4v) is 2.33. The van der Waals surface area contributed by atoms with Gasteiger partial charge in [0.15, 0.2) is 0 Å². The SMILES string of the molecule is COC(=O)c1ccc(CSc2nnc(-c3cccnc3)o2)o1. The van der Waals surface area contributed by atoms with E-state index in [0.29, 0.717) is 22.6 Å². The topological polar surface area (TPSA) is 91.2 Å². The number of carbonyl (C=O) groups is 1. The molecule has 3 heterocycles. The van der Waals surface area contributed by atoms with Crippen molar-refractivity contribution in [2.24, 2.45) is 0 Å². The predicted octanol–water partition coefficient (Wildman–Crippen LogP) is 2.80. The van der Waals surface area contributed by atoms with Gasteiger partial charge in [-0.15, -0.1) is 10.2 Å². The fraction of sp³-hybridized carbons (Fsp3) is 0.143. The van der Waals surface area contributed by atoms with Gasteiger partial charge in [0.05, 0.1) is 18.4 Å². The highest BCUT2D eigenvalue weighted by Crippen LogP contribution is 2.26. The number of ether oxygens (including phenoxy) is 1. The van der Waals surface area contributed by atoms with Gasteiger partial charge in [-0.05, 0) is 24.3 Å². The molecule has 0 aliphatic rings. The van der Waals surface area contributed by atoms with Crippen LogP contribution in [0.25, 0.3) is 11.5 Å². The lowest BCUT2D eigenvalue weighted by atomic mass is 10.3. The number of nitrogens with zero attached hydrogens (tertiary/aromatic N) is 3. The second kappa shape index (κ2) is 6.44.